The number of benzene rings is 1. The van der Waals surface area contributed by atoms with Gasteiger partial charge in [-0.2, -0.15) is 0 Å². The number of likely N-dealkylation sites (tertiary alicyclic amines) is 1. The fraction of sp³-hybridized carbons (Fsp3) is 0.632. The van der Waals surface area contributed by atoms with E-state index >= 15 is 0 Å². The Kier molecular flexibility index (Phi) is 5.61. The lowest BCUT2D eigenvalue weighted by atomic mass is 9.93. The first kappa shape index (κ1) is 17.1. The molecule has 3 rings (SSSR count). The average Bonchev–Trinajstić information content (AvgIpc) is 3.01. The summed E-state index contributed by atoms with van der Waals surface area (Å²) in [6, 6.07) is 7.96. The molecule has 0 aliphatic carbocycles. The normalized spacial score (nSPS) is 22.7. The van der Waals surface area contributed by atoms with Crippen molar-refractivity contribution in [1.29, 1.82) is 0 Å². The van der Waals surface area contributed by atoms with Gasteiger partial charge in [0.05, 0.1) is 13.2 Å². The molecule has 1 aromatic rings. The third kappa shape index (κ3) is 3.83. The number of ether oxygens (including phenoxy) is 2. The summed E-state index contributed by atoms with van der Waals surface area (Å²) < 4.78 is 10.5. The van der Waals surface area contributed by atoms with Crippen LogP contribution in [0.4, 0.5) is 4.79 Å². The van der Waals surface area contributed by atoms with Crippen LogP contribution in [0.2, 0.25) is 0 Å². The van der Waals surface area contributed by atoms with Crippen molar-refractivity contribution in [3.8, 4) is 5.75 Å². The number of carbonyl (C=O) groups is 1. The molecule has 2 heterocycles. The first-order valence-corrected chi connectivity index (χ1v) is 9.01. The Labute approximate surface area is 144 Å². The van der Waals surface area contributed by atoms with Crippen molar-refractivity contribution in [3.05, 3.63) is 29.8 Å². The maximum absolute atomic E-state index is 12.1. The molecular weight excluding hydrogens is 304 g/mol. The van der Waals surface area contributed by atoms with Crippen LogP contribution in [0.5, 0.6) is 5.75 Å². The molecule has 1 atom stereocenters. The quantitative estimate of drug-likeness (QED) is 0.801. The zero-order chi connectivity index (χ0) is 16.9. The summed E-state index contributed by atoms with van der Waals surface area (Å²) in [5, 5.41) is 0. The van der Waals surface area contributed by atoms with Crippen LogP contribution in [-0.2, 0) is 4.74 Å². The van der Waals surface area contributed by atoms with Gasteiger partial charge in [-0.3, -0.25) is 4.90 Å². The van der Waals surface area contributed by atoms with E-state index < -0.39 is 0 Å². The monoisotopic (exact) mass is 332 g/mol. The number of methoxy groups -OCH3 is 1. The van der Waals surface area contributed by atoms with E-state index in [1.165, 1.54) is 25.9 Å². The summed E-state index contributed by atoms with van der Waals surface area (Å²) in [5.74, 6) is 1.55. The summed E-state index contributed by atoms with van der Waals surface area (Å²) in [4.78, 5) is 16.5. The predicted molar refractivity (Wildman–Crippen MR) is 93.2 cm³/mol. The molecular formula is C19H28N2O3. The Bertz CT molecular complexity index is 538. The highest BCUT2D eigenvalue weighted by atomic mass is 16.6. The molecule has 0 saturated carbocycles. The molecule has 0 radical (unpaired) electrons. The predicted octanol–water partition coefficient (Wildman–Crippen LogP) is 3.31. The van der Waals surface area contributed by atoms with Crippen LogP contribution in [-0.4, -0.2) is 55.8 Å². The minimum Gasteiger partial charge on any atom is -0.497 e. The SMILES string of the molecule is CCN1CCC(CCN2C(=O)OCC2c2ccc(OC)cc2)CC1. The Morgan fingerprint density at radius 2 is 1.92 bits per heavy atom. The minimum atomic E-state index is -0.179. The lowest BCUT2D eigenvalue weighted by Gasteiger charge is -2.32. The van der Waals surface area contributed by atoms with Crippen LogP contribution >= 0.6 is 0 Å². The van der Waals surface area contributed by atoms with Gasteiger partial charge in [0.15, 0.2) is 0 Å². The number of cyclic esters (lactones) is 1. The van der Waals surface area contributed by atoms with Gasteiger partial charge in [0.1, 0.15) is 12.4 Å². The van der Waals surface area contributed by atoms with Crippen LogP contribution < -0.4 is 4.74 Å². The molecule has 24 heavy (non-hydrogen) atoms. The maximum Gasteiger partial charge on any atom is 0.410 e. The van der Waals surface area contributed by atoms with Crippen LogP contribution in [0.25, 0.3) is 0 Å². The van der Waals surface area contributed by atoms with E-state index in [4.69, 9.17) is 9.47 Å². The van der Waals surface area contributed by atoms with Crippen molar-refractivity contribution in [2.75, 3.05) is 39.9 Å². The number of hydrogen-bond donors (Lipinski definition) is 0. The molecule has 2 fully saturated rings. The van der Waals surface area contributed by atoms with Crippen molar-refractivity contribution in [1.82, 2.24) is 9.80 Å². The molecule has 0 spiro atoms. The second-order valence-corrected chi connectivity index (χ2v) is 6.73. The first-order valence-electron chi connectivity index (χ1n) is 9.01. The molecule has 5 nitrogen and oxygen atoms in total. The number of hydrogen-bond acceptors (Lipinski definition) is 4. The lowest BCUT2D eigenvalue weighted by molar-refractivity contribution is 0.148. The third-order valence-electron chi connectivity index (χ3n) is 5.41. The van der Waals surface area contributed by atoms with E-state index in [-0.39, 0.29) is 12.1 Å². The van der Waals surface area contributed by atoms with Crippen LogP contribution in [0, 0.1) is 5.92 Å². The number of nitrogens with zero attached hydrogens (tertiary/aromatic N) is 2. The van der Waals surface area contributed by atoms with E-state index in [1.807, 2.05) is 29.2 Å². The Balaban J connectivity index is 1.57. The molecule has 1 unspecified atom stereocenters. The molecule has 0 N–H and O–H groups in total. The second-order valence-electron chi connectivity index (χ2n) is 6.73. The summed E-state index contributed by atoms with van der Waals surface area (Å²) in [6.07, 6.45) is 3.37. The third-order valence-corrected chi connectivity index (χ3v) is 5.41. The first-order chi connectivity index (χ1) is 11.7. The Morgan fingerprint density at radius 3 is 2.54 bits per heavy atom. The molecule has 0 aromatic heterocycles. The van der Waals surface area contributed by atoms with Crippen LogP contribution in [0.1, 0.15) is 37.8 Å². The highest BCUT2D eigenvalue weighted by molar-refractivity contribution is 5.70. The number of piperidine rings is 1. The minimum absolute atomic E-state index is 0.0270. The van der Waals surface area contributed by atoms with Crippen molar-refractivity contribution >= 4 is 6.09 Å². The largest absolute Gasteiger partial charge is 0.497 e. The fourth-order valence-electron chi connectivity index (χ4n) is 3.71. The van der Waals surface area contributed by atoms with Gasteiger partial charge < -0.3 is 14.4 Å². The van der Waals surface area contributed by atoms with Crippen molar-refractivity contribution in [2.24, 2.45) is 5.92 Å². The van der Waals surface area contributed by atoms with Crippen molar-refractivity contribution < 1.29 is 14.3 Å². The summed E-state index contributed by atoms with van der Waals surface area (Å²) >= 11 is 0. The summed E-state index contributed by atoms with van der Waals surface area (Å²) in [6.45, 7) is 6.97. The van der Waals surface area contributed by atoms with Gasteiger partial charge in [-0.15, -0.1) is 0 Å². The number of carbonyl (C=O) groups excluding carboxylic acids is 1. The Morgan fingerprint density at radius 1 is 1.21 bits per heavy atom. The van der Waals surface area contributed by atoms with Crippen LogP contribution in [0.3, 0.4) is 0 Å². The van der Waals surface area contributed by atoms with Crippen LogP contribution in [0.15, 0.2) is 24.3 Å². The van der Waals surface area contributed by atoms with E-state index in [2.05, 4.69) is 11.8 Å². The smallest absolute Gasteiger partial charge is 0.410 e. The molecule has 1 aromatic carbocycles. The standard InChI is InChI=1S/C19H28N2O3/c1-3-20-11-8-15(9-12-20)10-13-21-18(14-24-19(21)22)16-4-6-17(23-2)7-5-16/h4-7,15,18H,3,8-14H2,1-2H3. The highest BCUT2D eigenvalue weighted by Crippen LogP contribution is 2.30. The van der Waals surface area contributed by atoms with Gasteiger partial charge in [0.2, 0.25) is 0 Å². The molecule has 132 valence electrons. The number of amides is 1. The van der Waals surface area contributed by atoms with Gasteiger partial charge >= 0.3 is 6.09 Å². The average molecular weight is 332 g/mol. The molecule has 5 heteroatoms. The molecule has 2 aliphatic rings. The maximum atomic E-state index is 12.1. The summed E-state index contributed by atoms with van der Waals surface area (Å²) in [7, 11) is 1.66. The summed E-state index contributed by atoms with van der Waals surface area (Å²) in [5.41, 5.74) is 1.11. The van der Waals surface area contributed by atoms with Gasteiger partial charge in [-0.05, 0) is 62.5 Å². The van der Waals surface area contributed by atoms with E-state index in [9.17, 15) is 4.79 Å². The Hall–Kier alpha value is -1.75. The van der Waals surface area contributed by atoms with E-state index in [0.29, 0.717) is 6.61 Å². The number of rotatable bonds is 6. The zero-order valence-electron chi connectivity index (χ0n) is 14.7. The molecule has 1 amide bonds. The van der Waals surface area contributed by atoms with E-state index in [1.54, 1.807) is 7.11 Å². The van der Waals surface area contributed by atoms with E-state index in [0.717, 1.165) is 36.7 Å². The zero-order valence-corrected chi connectivity index (χ0v) is 14.7. The second kappa shape index (κ2) is 7.88. The van der Waals surface area contributed by atoms with Gasteiger partial charge in [-0.25, -0.2) is 4.79 Å². The highest BCUT2D eigenvalue weighted by Gasteiger charge is 2.34. The van der Waals surface area contributed by atoms with Gasteiger partial charge in [0, 0.05) is 6.54 Å². The van der Waals surface area contributed by atoms with Gasteiger partial charge in [-0.1, -0.05) is 19.1 Å². The lowest BCUT2D eigenvalue weighted by Crippen LogP contribution is -2.35. The molecule has 2 saturated heterocycles. The van der Waals surface area contributed by atoms with Gasteiger partial charge in [0.25, 0.3) is 0 Å². The van der Waals surface area contributed by atoms with Crippen molar-refractivity contribution in [3.63, 3.8) is 0 Å². The molecule has 2 aliphatic heterocycles. The topological polar surface area (TPSA) is 42.0 Å². The fourth-order valence-corrected chi connectivity index (χ4v) is 3.71. The molecule has 0 bridgehead atoms. The van der Waals surface area contributed by atoms with Crippen molar-refractivity contribution in [2.45, 2.75) is 32.2 Å².